The molecule has 0 bridgehead atoms. The molecule has 7 nitrogen and oxygen atoms in total. The topological polar surface area (TPSA) is 81.5 Å². The number of benzene rings is 2. The molecule has 170 valence electrons. The molecule has 0 amide bonds. The molecule has 1 fully saturated rings. The van der Waals surface area contributed by atoms with Gasteiger partial charge in [0.1, 0.15) is 12.3 Å². The second-order valence-corrected chi connectivity index (χ2v) is 8.43. The van der Waals surface area contributed by atoms with Crippen LogP contribution in [0.5, 0.6) is 28.7 Å². The average molecular weight is 440 g/mol. The van der Waals surface area contributed by atoms with Gasteiger partial charge in [-0.15, -0.1) is 0 Å². The van der Waals surface area contributed by atoms with Crippen molar-refractivity contribution >= 4 is 11.9 Å². The van der Waals surface area contributed by atoms with Gasteiger partial charge in [0, 0.05) is 5.56 Å². The van der Waals surface area contributed by atoms with Crippen LogP contribution in [0.25, 0.3) is 6.08 Å². The summed E-state index contributed by atoms with van der Waals surface area (Å²) in [5.74, 6) is 2.39. The van der Waals surface area contributed by atoms with Crippen molar-refractivity contribution in [2.75, 3.05) is 34.4 Å². The summed E-state index contributed by atoms with van der Waals surface area (Å²) in [7, 11) is 4.60. The number of quaternary nitrogens is 1. The molecule has 7 heteroatoms. The van der Waals surface area contributed by atoms with Crippen LogP contribution in [-0.4, -0.2) is 40.2 Å². The number of fused-ring (bicyclic) bond motifs is 1. The zero-order valence-electron chi connectivity index (χ0n) is 18.9. The van der Waals surface area contributed by atoms with Crippen molar-refractivity contribution in [3.05, 3.63) is 46.7 Å². The molecule has 2 aromatic carbocycles. The third kappa shape index (κ3) is 4.12. The minimum atomic E-state index is -0.239. The molecule has 2 aliphatic rings. The number of allylic oxidation sites excluding steroid dienone is 1. The average Bonchev–Trinajstić information content (AvgIpc) is 3.11. The Morgan fingerprint density at radius 3 is 2.34 bits per heavy atom. The molecule has 2 heterocycles. The van der Waals surface area contributed by atoms with Gasteiger partial charge in [-0.1, -0.05) is 18.7 Å². The molecular weight excluding hydrogens is 410 g/mol. The minimum Gasteiger partial charge on any atom is -0.872 e. The van der Waals surface area contributed by atoms with E-state index in [9.17, 15) is 9.90 Å². The predicted octanol–water partition coefficient (Wildman–Crippen LogP) is 2.22. The minimum absolute atomic E-state index is 0.0864. The molecule has 0 atom stereocenters. The van der Waals surface area contributed by atoms with Crippen LogP contribution >= 0.6 is 0 Å². The fraction of sp³-hybridized carbons (Fsp3) is 0.400. The maximum atomic E-state index is 13.0. The Morgan fingerprint density at radius 1 is 1.09 bits per heavy atom. The second kappa shape index (κ2) is 9.12. The van der Waals surface area contributed by atoms with Gasteiger partial charge in [-0.2, -0.15) is 0 Å². The zero-order chi connectivity index (χ0) is 22.8. The molecule has 4 rings (SSSR count). The van der Waals surface area contributed by atoms with Crippen molar-refractivity contribution in [2.45, 2.75) is 26.3 Å². The van der Waals surface area contributed by atoms with Crippen LogP contribution in [0.1, 0.15) is 41.3 Å². The van der Waals surface area contributed by atoms with Crippen molar-refractivity contribution in [2.24, 2.45) is 5.92 Å². The monoisotopic (exact) mass is 439 g/mol. The van der Waals surface area contributed by atoms with Gasteiger partial charge in [-0.25, -0.2) is 0 Å². The number of ketones is 1. The van der Waals surface area contributed by atoms with Crippen molar-refractivity contribution in [3.63, 3.8) is 0 Å². The summed E-state index contributed by atoms with van der Waals surface area (Å²) in [6, 6.07) is 6.52. The highest BCUT2D eigenvalue weighted by Gasteiger charge is 2.32. The van der Waals surface area contributed by atoms with E-state index in [1.807, 2.05) is 0 Å². The number of rotatable bonds is 6. The predicted molar refractivity (Wildman–Crippen MR) is 118 cm³/mol. The summed E-state index contributed by atoms with van der Waals surface area (Å²) < 4.78 is 22.1. The van der Waals surface area contributed by atoms with Gasteiger partial charge in [0.15, 0.2) is 17.3 Å². The normalized spacial score (nSPS) is 21.2. The quantitative estimate of drug-likeness (QED) is 0.695. The highest BCUT2D eigenvalue weighted by atomic mass is 16.5. The van der Waals surface area contributed by atoms with Crippen LogP contribution in [0, 0.1) is 5.92 Å². The lowest BCUT2D eigenvalue weighted by atomic mass is 9.98. The smallest absolute Gasteiger partial charge is 0.231 e. The summed E-state index contributed by atoms with van der Waals surface area (Å²) in [6.07, 6.45) is 3.92. The number of methoxy groups -OCH3 is 3. The van der Waals surface area contributed by atoms with Gasteiger partial charge >= 0.3 is 0 Å². The highest BCUT2D eigenvalue weighted by Crippen LogP contribution is 2.41. The van der Waals surface area contributed by atoms with Crippen LogP contribution in [0.15, 0.2) is 30.0 Å². The first-order valence-corrected chi connectivity index (χ1v) is 10.9. The Hall–Kier alpha value is -3.19. The van der Waals surface area contributed by atoms with E-state index in [1.165, 1.54) is 32.3 Å². The number of Topliss-reactive ketones (excluding diaryl/α,β-unsaturated/α-hetero) is 1. The van der Waals surface area contributed by atoms with Gasteiger partial charge < -0.3 is 29.0 Å². The fourth-order valence-electron chi connectivity index (χ4n) is 4.39. The summed E-state index contributed by atoms with van der Waals surface area (Å²) >= 11 is 0. The molecule has 2 aliphatic heterocycles. The molecule has 0 unspecified atom stereocenters. The van der Waals surface area contributed by atoms with Gasteiger partial charge in [0.2, 0.25) is 11.5 Å². The van der Waals surface area contributed by atoms with E-state index in [0.29, 0.717) is 46.2 Å². The number of hydrogen-bond donors (Lipinski definition) is 1. The molecule has 0 saturated carbocycles. The molecule has 1 saturated heterocycles. The maximum absolute atomic E-state index is 13.0. The van der Waals surface area contributed by atoms with E-state index in [4.69, 9.17) is 18.9 Å². The van der Waals surface area contributed by atoms with Crippen LogP contribution in [-0.2, 0) is 6.54 Å². The first-order chi connectivity index (χ1) is 15.4. The van der Waals surface area contributed by atoms with Crippen LogP contribution in [0.3, 0.4) is 0 Å². The molecule has 0 aliphatic carbocycles. The SMILES string of the molecule is COc1cc(C=C2Oc3c(ccc([O-])c3C[NH+]3CCC(C)CC3)C2=O)cc(OC)c1OC. The Labute approximate surface area is 188 Å². The highest BCUT2D eigenvalue weighted by molar-refractivity contribution is 6.15. The van der Waals surface area contributed by atoms with Gasteiger partial charge in [-0.3, -0.25) is 4.79 Å². The molecular formula is C25H29NO6. The van der Waals surface area contributed by atoms with Crippen molar-refractivity contribution < 1.29 is 33.7 Å². The number of carbonyl (C=O) groups is 1. The van der Waals surface area contributed by atoms with Crippen LogP contribution in [0.4, 0.5) is 0 Å². The Kier molecular flexibility index (Phi) is 6.28. The largest absolute Gasteiger partial charge is 0.872 e. The van der Waals surface area contributed by atoms with Gasteiger partial charge in [0.05, 0.1) is 40.0 Å². The first-order valence-electron chi connectivity index (χ1n) is 10.9. The lowest BCUT2D eigenvalue weighted by molar-refractivity contribution is -0.919. The standard InChI is InChI=1S/C25H29NO6/c1-15-7-9-26(10-8-15)14-18-19(27)6-5-17-23(28)20(32-24(17)18)11-16-12-21(29-2)25(31-4)22(13-16)30-3/h5-6,11-13,15,27H,7-10,14H2,1-4H3. The molecule has 0 aromatic heterocycles. The van der Waals surface area contributed by atoms with E-state index >= 15 is 0 Å². The lowest BCUT2D eigenvalue weighted by Gasteiger charge is -2.29. The number of ether oxygens (including phenoxy) is 4. The van der Waals surface area contributed by atoms with Crippen molar-refractivity contribution in [1.29, 1.82) is 0 Å². The summed E-state index contributed by atoms with van der Waals surface area (Å²) in [4.78, 5) is 14.4. The second-order valence-electron chi connectivity index (χ2n) is 8.43. The van der Waals surface area contributed by atoms with E-state index in [2.05, 4.69) is 6.92 Å². The molecule has 0 radical (unpaired) electrons. The van der Waals surface area contributed by atoms with E-state index in [1.54, 1.807) is 24.3 Å². The molecule has 0 spiro atoms. The number of likely N-dealkylation sites (tertiary alicyclic amines) is 1. The van der Waals surface area contributed by atoms with Crippen LogP contribution in [0.2, 0.25) is 0 Å². The lowest BCUT2D eigenvalue weighted by Crippen LogP contribution is -3.11. The Morgan fingerprint density at radius 2 is 1.75 bits per heavy atom. The van der Waals surface area contributed by atoms with E-state index in [0.717, 1.165) is 31.8 Å². The third-order valence-corrected chi connectivity index (χ3v) is 6.29. The first kappa shape index (κ1) is 22.0. The third-order valence-electron chi connectivity index (χ3n) is 6.29. The summed E-state index contributed by atoms with van der Waals surface area (Å²) in [6.45, 7) is 4.87. The number of hydrogen-bond acceptors (Lipinski definition) is 6. The van der Waals surface area contributed by atoms with Crippen molar-refractivity contribution in [3.8, 4) is 28.7 Å². The van der Waals surface area contributed by atoms with Gasteiger partial charge in [0.25, 0.3) is 0 Å². The maximum Gasteiger partial charge on any atom is 0.231 e. The zero-order valence-corrected chi connectivity index (χ0v) is 18.9. The number of carbonyl (C=O) groups excluding carboxylic acids is 1. The fourth-order valence-corrected chi connectivity index (χ4v) is 4.39. The molecule has 32 heavy (non-hydrogen) atoms. The van der Waals surface area contributed by atoms with Gasteiger partial charge in [-0.05, 0) is 48.6 Å². The Balaban J connectivity index is 1.65. The van der Waals surface area contributed by atoms with Crippen LogP contribution < -0.4 is 29.0 Å². The van der Waals surface area contributed by atoms with E-state index in [-0.39, 0.29) is 17.3 Å². The molecule has 1 N–H and O–H groups in total. The summed E-state index contributed by atoms with van der Waals surface area (Å²) in [5.41, 5.74) is 1.67. The summed E-state index contributed by atoms with van der Waals surface area (Å²) in [5, 5.41) is 12.7. The number of nitrogens with one attached hydrogen (secondary N) is 1. The molecule has 2 aromatic rings. The Bertz CT molecular complexity index is 1030. The van der Waals surface area contributed by atoms with E-state index < -0.39 is 0 Å². The van der Waals surface area contributed by atoms with Crippen molar-refractivity contribution in [1.82, 2.24) is 0 Å². The number of piperidine rings is 1.